The van der Waals surface area contributed by atoms with Crippen LogP contribution >= 0.6 is 0 Å². The standard InChI is InChI=1S/C17H26N4O4/c1-2-15-20-21-16(25-15)19-13-8-12(17(13)5-3-6-17)18-14(22)10-24-11-4-7-23-9-11/h11-13H,2-10H2,1H3,(H,18,22)(H,19,21). The van der Waals surface area contributed by atoms with Gasteiger partial charge in [0.05, 0.1) is 12.7 Å². The highest BCUT2D eigenvalue weighted by molar-refractivity contribution is 5.78. The van der Waals surface area contributed by atoms with Crippen LogP contribution in [0.3, 0.4) is 0 Å². The van der Waals surface area contributed by atoms with Crippen molar-refractivity contribution < 1.29 is 18.7 Å². The van der Waals surface area contributed by atoms with Gasteiger partial charge in [-0.25, -0.2) is 0 Å². The Labute approximate surface area is 147 Å². The number of aromatic nitrogens is 2. The first-order valence-corrected chi connectivity index (χ1v) is 9.27. The zero-order valence-corrected chi connectivity index (χ0v) is 14.6. The van der Waals surface area contributed by atoms with E-state index >= 15 is 0 Å². The molecular weight excluding hydrogens is 324 g/mol. The number of carbonyl (C=O) groups excluding carboxylic acids is 1. The summed E-state index contributed by atoms with van der Waals surface area (Å²) < 4.78 is 16.4. The lowest BCUT2D eigenvalue weighted by atomic mass is 9.50. The molecule has 2 heterocycles. The van der Waals surface area contributed by atoms with Gasteiger partial charge in [-0.15, -0.1) is 5.10 Å². The molecule has 2 saturated carbocycles. The van der Waals surface area contributed by atoms with Gasteiger partial charge in [0, 0.05) is 30.5 Å². The fraction of sp³-hybridized carbons (Fsp3) is 0.824. The summed E-state index contributed by atoms with van der Waals surface area (Å²) in [5.41, 5.74) is 0.118. The number of carbonyl (C=O) groups is 1. The van der Waals surface area contributed by atoms with Gasteiger partial charge in [0.1, 0.15) is 6.61 Å². The first-order valence-electron chi connectivity index (χ1n) is 9.27. The summed E-state index contributed by atoms with van der Waals surface area (Å²) in [5, 5.41) is 14.6. The molecule has 0 aromatic carbocycles. The Morgan fingerprint density at radius 3 is 2.88 bits per heavy atom. The van der Waals surface area contributed by atoms with E-state index in [2.05, 4.69) is 20.8 Å². The molecule has 1 amide bonds. The van der Waals surface area contributed by atoms with E-state index in [0.29, 0.717) is 18.5 Å². The van der Waals surface area contributed by atoms with Crippen molar-refractivity contribution >= 4 is 11.9 Å². The zero-order chi connectivity index (χ0) is 17.3. The molecule has 0 radical (unpaired) electrons. The molecule has 1 saturated heterocycles. The van der Waals surface area contributed by atoms with E-state index in [-0.39, 0.29) is 36.1 Å². The Morgan fingerprint density at radius 1 is 1.36 bits per heavy atom. The van der Waals surface area contributed by atoms with Crippen molar-refractivity contribution in [3.05, 3.63) is 5.89 Å². The summed E-state index contributed by atoms with van der Waals surface area (Å²) in [6.07, 6.45) is 5.96. The molecule has 2 aliphatic carbocycles. The molecule has 3 unspecified atom stereocenters. The largest absolute Gasteiger partial charge is 0.408 e. The van der Waals surface area contributed by atoms with Crippen molar-refractivity contribution in [3.63, 3.8) is 0 Å². The van der Waals surface area contributed by atoms with Crippen LogP contribution in [0, 0.1) is 5.41 Å². The quantitative estimate of drug-likeness (QED) is 0.764. The number of anilines is 1. The number of aryl methyl sites for hydroxylation is 1. The third-order valence-electron chi connectivity index (χ3n) is 5.88. The van der Waals surface area contributed by atoms with E-state index in [0.717, 1.165) is 38.7 Å². The minimum absolute atomic E-state index is 0.0346. The van der Waals surface area contributed by atoms with Gasteiger partial charge in [-0.05, 0) is 25.7 Å². The Balaban J connectivity index is 1.27. The molecule has 8 heteroatoms. The normalized spacial score (nSPS) is 29.9. The molecule has 3 aliphatic rings. The highest BCUT2D eigenvalue weighted by Crippen LogP contribution is 2.56. The second-order valence-corrected chi connectivity index (χ2v) is 7.29. The molecule has 1 aromatic heterocycles. The Kier molecular flexibility index (Phi) is 4.64. The lowest BCUT2D eigenvalue weighted by Crippen LogP contribution is -2.69. The van der Waals surface area contributed by atoms with E-state index in [1.165, 1.54) is 6.42 Å². The molecule has 4 rings (SSSR count). The van der Waals surface area contributed by atoms with Crippen LogP contribution in [0.25, 0.3) is 0 Å². The maximum atomic E-state index is 12.2. The molecule has 1 aromatic rings. The maximum Gasteiger partial charge on any atom is 0.315 e. The second-order valence-electron chi connectivity index (χ2n) is 7.29. The second kappa shape index (κ2) is 6.92. The molecule has 2 N–H and O–H groups in total. The number of nitrogens with one attached hydrogen (secondary N) is 2. The van der Waals surface area contributed by atoms with Crippen LogP contribution in [-0.4, -0.2) is 54.1 Å². The fourth-order valence-electron chi connectivity index (χ4n) is 4.15. The van der Waals surface area contributed by atoms with Crippen LogP contribution in [0.15, 0.2) is 4.42 Å². The lowest BCUT2D eigenvalue weighted by Gasteiger charge is -2.61. The highest BCUT2D eigenvalue weighted by atomic mass is 16.5. The van der Waals surface area contributed by atoms with Crippen molar-refractivity contribution in [2.45, 2.75) is 63.6 Å². The van der Waals surface area contributed by atoms with Gasteiger partial charge in [0.25, 0.3) is 0 Å². The first-order chi connectivity index (χ1) is 12.2. The Morgan fingerprint density at radius 2 is 2.24 bits per heavy atom. The summed E-state index contributed by atoms with van der Waals surface area (Å²) in [6.45, 7) is 3.42. The molecule has 1 aliphatic heterocycles. The Bertz CT molecular complexity index is 610. The van der Waals surface area contributed by atoms with Crippen molar-refractivity contribution in [2.75, 3.05) is 25.1 Å². The predicted octanol–water partition coefficient (Wildman–Crippen LogP) is 1.28. The van der Waals surface area contributed by atoms with E-state index in [1.54, 1.807) is 0 Å². The average molecular weight is 350 g/mol. The summed E-state index contributed by atoms with van der Waals surface area (Å²) in [4.78, 5) is 12.2. The van der Waals surface area contributed by atoms with Crippen LogP contribution < -0.4 is 10.6 Å². The van der Waals surface area contributed by atoms with E-state index in [4.69, 9.17) is 13.9 Å². The molecule has 1 spiro atoms. The summed E-state index contributed by atoms with van der Waals surface area (Å²) in [7, 11) is 0. The van der Waals surface area contributed by atoms with Gasteiger partial charge in [0.15, 0.2) is 0 Å². The minimum Gasteiger partial charge on any atom is -0.408 e. The fourth-order valence-corrected chi connectivity index (χ4v) is 4.15. The van der Waals surface area contributed by atoms with Gasteiger partial charge in [0.2, 0.25) is 11.8 Å². The van der Waals surface area contributed by atoms with Gasteiger partial charge < -0.3 is 24.5 Å². The summed E-state index contributed by atoms with van der Waals surface area (Å²) >= 11 is 0. The van der Waals surface area contributed by atoms with E-state index in [1.807, 2.05) is 6.92 Å². The smallest absolute Gasteiger partial charge is 0.315 e. The molecule has 0 bridgehead atoms. The van der Waals surface area contributed by atoms with Crippen LogP contribution in [-0.2, 0) is 20.7 Å². The number of amides is 1. The van der Waals surface area contributed by atoms with Crippen molar-refractivity contribution in [3.8, 4) is 0 Å². The average Bonchev–Trinajstić information content (AvgIpc) is 3.21. The lowest BCUT2D eigenvalue weighted by molar-refractivity contribution is -0.133. The van der Waals surface area contributed by atoms with Crippen LogP contribution in [0.2, 0.25) is 0 Å². The highest BCUT2D eigenvalue weighted by Gasteiger charge is 2.59. The van der Waals surface area contributed by atoms with E-state index in [9.17, 15) is 4.79 Å². The van der Waals surface area contributed by atoms with Gasteiger partial charge in [-0.2, -0.15) is 0 Å². The molecule has 3 atom stereocenters. The van der Waals surface area contributed by atoms with Gasteiger partial charge in [-0.3, -0.25) is 4.79 Å². The van der Waals surface area contributed by atoms with E-state index < -0.39 is 0 Å². The molecule has 138 valence electrons. The predicted molar refractivity (Wildman–Crippen MR) is 89.1 cm³/mol. The third-order valence-corrected chi connectivity index (χ3v) is 5.88. The number of ether oxygens (including phenoxy) is 2. The molecule has 25 heavy (non-hydrogen) atoms. The SMILES string of the molecule is CCc1nnc(NC2CC(NC(=O)COC3CCOC3)C23CCC3)o1. The molecule has 8 nitrogen and oxygen atoms in total. The van der Waals surface area contributed by atoms with Crippen LogP contribution in [0.1, 0.15) is 44.9 Å². The van der Waals surface area contributed by atoms with Gasteiger partial charge in [-0.1, -0.05) is 18.4 Å². The monoisotopic (exact) mass is 350 g/mol. The van der Waals surface area contributed by atoms with Crippen molar-refractivity contribution in [1.29, 1.82) is 0 Å². The Hall–Kier alpha value is -1.67. The summed E-state index contributed by atoms with van der Waals surface area (Å²) in [6, 6.07) is 0.964. The zero-order valence-electron chi connectivity index (χ0n) is 14.6. The first kappa shape index (κ1) is 16.8. The number of hydrogen-bond donors (Lipinski definition) is 2. The van der Waals surface area contributed by atoms with Crippen molar-refractivity contribution in [1.82, 2.24) is 15.5 Å². The number of hydrogen-bond acceptors (Lipinski definition) is 7. The third kappa shape index (κ3) is 3.25. The van der Waals surface area contributed by atoms with Crippen molar-refractivity contribution in [2.24, 2.45) is 5.41 Å². The number of nitrogens with zero attached hydrogens (tertiary/aromatic N) is 2. The summed E-state index contributed by atoms with van der Waals surface area (Å²) in [5.74, 6) is 0.607. The topological polar surface area (TPSA) is 98.5 Å². The van der Waals surface area contributed by atoms with Gasteiger partial charge >= 0.3 is 6.01 Å². The van der Waals surface area contributed by atoms with Crippen LogP contribution in [0.5, 0.6) is 0 Å². The maximum absolute atomic E-state index is 12.2. The molecular formula is C17H26N4O4. The van der Waals surface area contributed by atoms with Crippen LogP contribution in [0.4, 0.5) is 6.01 Å². The number of rotatable bonds is 7. The molecule has 3 fully saturated rings. The minimum atomic E-state index is -0.0346.